The molecule has 1 atom stereocenters. The molecule has 0 N–H and O–H groups in total. The standard InChI is InChI=1S/C20H32OSi/c1-9-10-17(3)15-19(18-13-11-16(2)12-14-18)21-22(7,8)20(4,5)6/h9,11-14,19H,1,3,10,15H2,2,4-8H3. The minimum Gasteiger partial charge on any atom is -0.410 e. The summed E-state index contributed by atoms with van der Waals surface area (Å²) in [5, 5.41) is 0.204. The molecule has 122 valence electrons. The lowest BCUT2D eigenvalue weighted by atomic mass is 10.00. The Bertz CT molecular complexity index is 506. The molecule has 0 saturated carbocycles. The van der Waals surface area contributed by atoms with Crippen LogP contribution in [0.3, 0.4) is 0 Å². The molecule has 0 radical (unpaired) electrons. The van der Waals surface area contributed by atoms with Crippen molar-refractivity contribution in [2.75, 3.05) is 0 Å². The highest BCUT2D eigenvalue weighted by molar-refractivity contribution is 6.74. The number of aryl methyl sites for hydroxylation is 1. The summed E-state index contributed by atoms with van der Waals surface area (Å²) in [7, 11) is -1.82. The predicted octanol–water partition coefficient (Wildman–Crippen LogP) is 6.58. The van der Waals surface area contributed by atoms with Crippen LogP contribution >= 0.6 is 0 Å². The Labute approximate surface area is 138 Å². The van der Waals surface area contributed by atoms with Crippen molar-refractivity contribution in [3.05, 3.63) is 60.2 Å². The third-order valence-corrected chi connectivity index (χ3v) is 9.09. The van der Waals surface area contributed by atoms with Crippen molar-refractivity contribution < 1.29 is 4.43 Å². The van der Waals surface area contributed by atoms with Crippen molar-refractivity contribution in [3.8, 4) is 0 Å². The molecule has 1 aromatic rings. The van der Waals surface area contributed by atoms with Crippen molar-refractivity contribution in [1.82, 2.24) is 0 Å². The van der Waals surface area contributed by atoms with E-state index in [0.717, 1.165) is 12.8 Å². The van der Waals surface area contributed by atoms with E-state index in [9.17, 15) is 0 Å². The van der Waals surface area contributed by atoms with Gasteiger partial charge in [0.25, 0.3) is 0 Å². The molecule has 0 aliphatic rings. The van der Waals surface area contributed by atoms with Crippen molar-refractivity contribution in [2.24, 2.45) is 0 Å². The van der Waals surface area contributed by atoms with Gasteiger partial charge in [0.2, 0.25) is 0 Å². The smallest absolute Gasteiger partial charge is 0.192 e. The van der Waals surface area contributed by atoms with E-state index in [0.29, 0.717) is 0 Å². The molecular weight excluding hydrogens is 284 g/mol. The van der Waals surface area contributed by atoms with Gasteiger partial charge in [0.15, 0.2) is 8.32 Å². The summed E-state index contributed by atoms with van der Waals surface area (Å²) in [4.78, 5) is 0. The summed E-state index contributed by atoms with van der Waals surface area (Å²) in [6, 6.07) is 8.70. The fourth-order valence-electron chi connectivity index (χ4n) is 2.09. The number of allylic oxidation sites excluding steroid dienone is 1. The van der Waals surface area contributed by atoms with Gasteiger partial charge >= 0.3 is 0 Å². The van der Waals surface area contributed by atoms with Crippen LogP contribution < -0.4 is 0 Å². The van der Waals surface area contributed by atoms with Gasteiger partial charge in [-0.05, 0) is 43.5 Å². The third-order valence-electron chi connectivity index (χ3n) is 4.60. The largest absolute Gasteiger partial charge is 0.410 e. The van der Waals surface area contributed by atoms with Crippen molar-refractivity contribution in [2.45, 2.75) is 64.8 Å². The molecule has 0 amide bonds. The number of rotatable bonds is 7. The summed E-state index contributed by atoms with van der Waals surface area (Å²) >= 11 is 0. The Morgan fingerprint density at radius 2 is 1.77 bits per heavy atom. The van der Waals surface area contributed by atoms with Crippen LogP contribution in [0, 0.1) is 6.92 Å². The fraction of sp³-hybridized carbons (Fsp3) is 0.500. The highest BCUT2D eigenvalue weighted by Crippen LogP contribution is 2.41. The normalized spacial score (nSPS) is 13.7. The van der Waals surface area contributed by atoms with Gasteiger partial charge in [0.1, 0.15) is 0 Å². The maximum atomic E-state index is 6.69. The SMILES string of the molecule is C=CCC(=C)CC(O[Si](C)(C)C(C)(C)C)c1ccc(C)cc1. The Balaban J connectivity index is 3.03. The van der Waals surface area contributed by atoms with Gasteiger partial charge in [-0.3, -0.25) is 0 Å². The first kappa shape index (κ1) is 18.9. The molecule has 0 fully saturated rings. The van der Waals surface area contributed by atoms with E-state index in [1.807, 2.05) is 6.08 Å². The van der Waals surface area contributed by atoms with E-state index in [4.69, 9.17) is 4.43 Å². The molecular formula is C20H32OSi. The van der Waals surface area contributed by atoms with E-state index >= 15 is 0 Å². The van der Waals surface area contributed by atoms with Crippen LogP contribution in [0.25, 0.3) is 0 Å². The molecule has 0 aliphatic carbocycles. The second-order valence-corrected chi connectivity index (χ2v) is 12.5. The van der Waals surface area contributed by atoms with Gasteiger partial charge in [-0.1, -0.05) is 68.8 Å². The monoisotopic (exact) mass is 316 g/mol. The maximum absolute atomic E-state index is 6.69. The van der Waals surface area contributed by atoms with Crippen molar-refractivity contribution in [3.63, 3.8) is 0 Å². The molecule has 1 rings (SSSR count). The minimum atomic E-state index is -1.82. The van der Waals surface area contributed by atoms with Gasteiger partial charge in [0.05, 0.1) is 6.10 Å². The zero-order chi connectivity index (χ0) is 17.0. The molecule has 22 heavy (non-hydrogen) atoms. The number of benzene rings is 1. The molecule has 2 heteroatoms. The first-order valence-electron chi connectivity index (χ1n) is 8.09. The maximum Gasteiger partial charge on any atom is 0.192 e. The van der Waals surface area contributed by atoms with Gasteiger partial charge < -0.3 is 4.43 Å². The van der Waals surface area contributed by atoms with E-state index in [1.165, 1.54) is 16.7 Å². The van der Waals surface area contributed by atoms with Gasteiger partial charge in [-0.25, -0.2) is 0 Å². The number of hydrogen-bond donors (Lipinski definition) is 0. The van der Waals surface area contributed by atoms with Crippen LogP contribution in [0.2, 0.25) is 18.1 Å². The predicted molar refractivity (Wildman–Crippen MR) is 101 cm³/mol. The second-order valence-electron chi connectivity index (χ2n) is 7.72. The lowest BCUT2D eigenvalue weighted by Gasteiger charge is -2.39. The molecule has 0 aromatic heterocycles. The van der Waals surface area contributed by atoms with E-state index in [1.54, 1.807) is 0 Å². The van der Waals surface area contributed by atoms with Crippen LogP contribution in [0.5, 0.6) is 0 Å². The van der Waals surface area contributed by atoms with Crippen LogP contribution in [0.15, 0.2) is 49.1 Å². The lowest BCUT2D eigenvalue weighted by molar-refractivity contribution is 0.183. The second kappa shape index (κ2) is 7.43. The van der Waals surface area contributed by atoms with E-state index in [2.05, 4.69) is 78.2 Å². The molecule has 0 heterocycles. The summed E-state index contributed by atoms with van der Waals surface area (Å²) in [6.45, 7) is 21.6. The highest BCUT2D eigenvalue weighted by atomic mass is 28.4. The van der Waals surface area contributed by atoms with Crippen LogP contribution in [0.4, 0.5) is 0 Å². The molecule has 0 spiro atoms. The Morgan fingerprint density at radius 3 is 2.23 bits per heavy atom. The zero-order valence-corrected chi connectivity index (χ0v) is 16.2. The van der Waals surface area contributed by atoms with Gasteiger partial charge in [0, 0.05) is 0 Å². The average Bonchev–Trinajstić information content (AvgIpc) is 2.37. The Hall–Kier alpha value is -1.12. The van der Waals surface area contributed by atoms with Gasteiger partial charge in [-0.2, -0.15) is 0 Å². The van der Waals surface area contributed by atoms with E-state index < -0.39 is 8.32 Å². The molecule has 0 saturated heterocycles. The van der Waals surface area contributed by atoms with Crippen molar-refractivity contribution >= 4 is 8.32 Å². The molecule has 0 bridgehead atoms. The number of hydrogen-bond acceptors (Lipinski definition) is 1. The molecule has 1 nitrogen and oxygen atoms in total. The summed E-state index contributed by atoms with van der Waals surface area (Å²) < 4.78 is 6.69. The van der Waals surface area contributed by atoms with Crippen LogP contribution in [-0.4, -0.2) is 8.32 Å². The molecule has 0 aliphatic heterocycles. The first-order valence-corrected chi connectivity index (χ1v) is 11.0. The quantitative estimate of drug-likeness (QED) is 0.408. The van der Waals surface area contributed by atoms with Crippen LogP contribution in [0.1, 0.15) is 50.8 Å². The van der Waals surface area contributed by atoms with Crippen LogP contribution in [-0.2, 0) is 4.43 Å². The fourth-order valence-corrected chi connectivity index (χ4v) is 3.37. The molecule has 1 aromatic carbocycles. The summed E-state index contributed by atoms with van der Waals surface area (Å²) in [6.07, 6.45) is 3.72. The first-order chi connectivity index (χ1) is 10.1. The lowest BCUT2D eigenvalue weighted by Crippen LogP contribution is -2.41. The Kier molecular flexibility index (Phi) is 6.39. The van der Waals surface area contributed by atoms with E-state index in [-0.39, 0.29) is 11.1 Å². The van der Waals surface area contributed by atoms with Crippen molar-refractivity contribution in [1.29, 1.82) is 0 Å². The summed E-state index contributed by atoms with van der Waals surface area (Å²) in [5.41, 5.74) is 3.71. The average molecular weight is 317 g/mol. The Morgan fingerprint density at radius 1 is 1.23 bits per heavy atom. The molecule has 1 unspecified atom stereocenters. The third kappa shape index (κ3) is 5.26. The summed E-state index contributed by atoms with van der Waals surface area (Å²) in [5.74, 6) is 0. The minimum absolute atomic E-state index is 0.0916. The zero-order valence-electron chi connectivity index (χ0n) is 15.2. The van der Waals surface area contributed by atoms with Gasteiger partial charge in [-0.15, -0.1) is 6.58 Å². The topological polar surface area (TPSA) is 9.23 Å². The highest BCUT2D eigenvalue weighted by Gasteiger charge is 2.39.